The molecule has 0 heterocycles. The van der Waals surface area contributed by atoms with Crippen molar-refractivity contribution >= 4 is 19.5 Å². The Bertz CT molecular complexity index is 651. The number of hydrogen-bond donors (Lipinski definition) is 2. The van der Waals surface area contributed by atoms with Crippen molar-refractivity contribution in [3.63, 3.8) is 0 Å². The van der Waals surface area contributed by atoms with Crippen molar-refractivity contribution in [2.75, 3.05) is 13.2 Å². The Morgan fingerprint density at radius 3 is 1.48 bits per heavy atom. The van der Waals surface area contributed by atoms with E-state index in [1.54, 1.807) is 0 Å². The topological polar surface area (TPSA) is 76.7 Å². The fourth-order valence-corrected chi connectivity index (χ4v) is 2.62. The van der Waals surface area contributed by atoms with Gasteiger partial charge in [0.1, 0.15) is 0 Å². The van der Waals surface area contributed by atoms with Gasteiger partial charge in [-0.25, -0.2) is 0 Å². The molecule has 0 aliphatic carbocycles. The molecule has 2 rings (SSSR count). The van der Waals surface area contributed by atoms with E-state index in [1.807, 2.05) is 60.7 Å². The Balaban J connectivity index is 1.82. The zero-order valence-electron chi connectivity index (χ0n) is 15.6. The van der Waals surface area contributed by atoms with E-state index in [0.29, 0.717) is 0 Å². The summed E-state index contributed by atoms with van der Waals surface area (Å²) in [6, 6.07) is 18.6. The Hall–Kier alpha value is -2.64. The lowest BCUT2D eigenvalue weighted by Gasteiger charge is -2.20. The van der Waals surface area contributed by atoms with Crippen molar-refractivity contribution in [1.82, 2.24) is 10.6 Å². The molecule has 6 nitrogen and oxygen atoms in total. The van der Waals surface area contributed by atoms with Crippen molar-refractivity contribution in [3.8, 4) is 0 Å². The predicted octanol–water partition coefficient (Wildman–Crippen LogP) is 2.31. The molecule has 0 bridgehead atoms. The molecular weight excluding hydrogens is 343 g/mol. The largest absolute Gasteiger partial charge is 0.488 e. The van der Waals surface area contributed by atoms with Gasteiger partial charge < -0.3 is 19.9 Å². The van der Waals surface area contributed by atoms with Crippen molar-refractivity contribution < 1.29 is 18.9 Å². The zero-order chi connectivity index (χ0) is 19.5. The summed E-state index contributed by atoms with van der Waals surface area (Å²) in [5.74, 6) is -0.272. The van der Waals surface area contributed by atoms with Gasteiger partial charge in [0.05, 0.1) is 25.3 Å². The van der Waals surface area contributed by atoms with Crippen LogP contribution in [0.5, 0.6) is 0 Å². The molecule has 7 heteroatoms. The number of benzene rings is 2. The summed E-state index contributed by atoms with van der Waals surface area (Å²) in [5, 5.41) is 5.70. The lowest BCUT2D eigenvalue weighted by atomic mass is 10.1. The standard InChI is InChI=1S/C20H24BN2O4/c1-15(24)22-19(17-9-5-3-6-10-17)13-26-21-27-14-20(23-16(2)25)18-11-7-4-8-12-18/h3-12,19-20H,13-14H2,1-2H3,(H,22,24)(H,23,25). The third kappa shape index (κ3) is 7.64. The van der Waals surface area contributed by atoms with Gasteiger partial charge in [-0.1, -0.05) is 60.7 Å². The van der Waals surface area contributed by atoms with E-state index in [0.717, 1.165) is 11.1 Å². The molecule has 0 fully saturated rings. The van der Waals surface area contributed by atoms with Crippen molar-refractivity contribution in [2.45, 2.75) is 25.9 Å². The van der Waals surface area contributed by atoms with Crippen LogP contribution in [-0.4, -0.2) is 32.7 Å². The molecular formula is C20H24BN2O4. The van der Waals surface area contributed by atoms with Crippen LogP contribution in [-0.2, 0) is 18.9 Å². The van der Waals surface area contributed by atoms with E-state index >= 15 is 0 Å². The average molecular weight is 367 g/mol. The van der Waals surface area contributed by atoms with Crippen LogP contribution in [0, 0.1) is 0 Å². The van der Waals surface area contributed by atoms with Crippen LogP contribution in [0.4, 0.5) is 0 Å². The fraction of sp³-hybridized carbons (Fsp3) is 0.300. The number of hydrogen-bond acceptors (Lipinski definition) is 4. The second kappa shape index (κ2) is 11.2. The highest BCUT2D eigenvalue weighted by Crippen LogP contribution is 2.14. The minimum absolute atomic E-state index is 0.136. The maximum absolute atomic E-state index is 11.4. The molecule has 0 spiro atoms. The molecule has 27 heavy (non-hydrogen) atoms. The Morgan fingerprint density at radius 1 is 0.778 bits per heavy atom. The maximum Gasteiger partial charge on any atom is 0.488 e. The van der Waals surface area contributed by atoms with Crippen LogP contribution < -0.4 is 10.6 Å². The second-order valence-corrected chi connectivity index (χ2v) is 6.09. The van der Waals surface area contributed by atoms with Gasteiger partial charge in [-0.3, -0.25) is 9.59 Å². The third-order valence-electron chi connectivity index (χ3n) is 3.82. The molecule has 0 aromatic heterocycles. The summed E-state index contributed by atoms with van der Waals surface area (Å²) in [6.45, 7) is 3.40. The smallest absolute Gasteiger partial charge is 0.411 e. The summed E-state index contributed by atoms with van der Waals surface area (Å²) in [6.07, 6.45) is 0. The normalized spacial score (nSPS) is 12.7. The zero-order valence-corrected chi connectivity index (χ0v) is 15.6. The molecule has 2 aromatic rings. The monoisotopic (exact) mass is 367 g/mol. The first-order valence-corrected chi connectivity index (χ1v) is 8.75. The minimum Gasteiger partial charge on any atom is -0.411 e. The number of rotatable bonds is 10. The second-order valence-electron chi connectivity index (χ2n) is 6.09. The van der Waals surface area contributed by atoms with Crippen molar-refractivity contribution in [3.05, 3.63) is 71.8 Å². The Kier molecular flexibility index (Phi) is 8.54. The van der Waals surface area contributed by atoms with Gasteiger partial charge >= 0.3 is 7.69 Å². The summed E-state index contributed by atoms with van der Waals surface area (Å²) < 4.78 is 10.9. The summed E-state index contributed by atoms with van der Waals surface area (Å²) in [5.41, 5.74) is 1.89. The van der Waals surface area contributed by atoms with Gasteiger partial charge in [0, 0.05) is 13.8 Å². The molecule has 2 amide bonds. The van der Waals surface area contributed by atoms with Crippen LogP contribution in [0.15, 0.2) is 60.7 Å². The summed E-state index contributed by atoms with van der Waals surface area (Å²) in [4.78, 5) is 22.8. The summed E-state index contributed by atoms with van der Waals surface area (Å²) >= 11 is 0. The van der Waals surface area contributed by atoms with E-state index in [2.05, 4.69) is 10.6 Å². The highest BCUT2D eigenvalue weighted by Gasteiger charge is 2.15. The van der Waals surface area contributed by atoms with Gasteiger partial charge in [-0.15, -0.1) is 0 Å². The van der Waals surface area contributed by atoms with Gasteiger partial charge in [0.15, 0.2) is 0 Å². The molecule has 0 aliphatic rings. The van der Waals surface area contributed by atoms with Gasteiger partial charge in [0.25, 0.3) is 0 Å². The molecule has 2 atom stereocenters. The molecule has 2 N–H and O–H groups in total. The highest BCUT2D eigenvalue weighted by atomic mass is 16.6. The lowest BCUT2D eigenvalue weighted by Crippen LogP contribution is -2.32. The van der Waals surface area contributed by atoms with E-state index < -0.39 is 0 Å². The molecule has 0 saturated carbocycles. The first-order chi connectivity index (χ1) is 13.1. The van der Waals surface area contributed by atoms with Crippen LogP contribution >= 0.6 is 0 Å². The molecule has 141 valence electrons. The first-order valence-electron chi connectivity index (χ1n) is 8.75. The molecule has 0 aliphatic heterocycles. The molecule has 2 aromatic carbocycles. The van der Waals surface area contributed by atoms with Gasteiger partial charge in [0.2, 0.25) is 11.8 Å². The number of amides is 2. The minimum atomic E-state index is -0.274. The van der Waals surface area contributed by atoms with Crippen LogP contribution in [0.2, 0.25) is 0 Å². The number of carbonyl (C=O) groups excluding carboxylic acids is 2. The highest BCUT2D eigenvalue weighted by molar-refractivity contribution is 6.17. The summed E-state index contributed by atoms with van der Waals surface area (Å²) in [7, 11) is 1.25. The van der Waals surface area contributed by atoms with Crippen LogP contribution in [0.1, 0.15) is 37.1 Å². The van der Waals surface area contributed by atoms with E-state index in [9.17, 15) is 9.59 Å². The SMILES string of the molecule is CC(=O)NC(CO[B]OCC(NC(C)=O)c1ccccc1)c1ccccc1. The van der Waals surface area contributed by atoms with Crippen LogP contribution in [0.3, 0.4) is 0 Å². The Morgan fingerprint density at radius 2 is 1.15 bits per heavy atom. The maximum atomic E-state index is 11.4. The average Bonchev–Trinajstić information content (AvgIpc) is 2.66. The molecule has 1 radical (unpaired) electrons. The molecule has 2 unspecified atom stereocenters. The molecule has 0 saturated heterocycles. The van der Waals surface area contributed by atoms with E-state index in [4.69, 9.17) is 9.31 Å². The first kappa shape index (κ1) is 20.7. The van der Waals surface area contributed by atoms with Gasteiger partial charge in [-0.2, -0.15) is 0 Å². The number of nitrogens with one attached hydrogen (secondary N) is 2. The van der Waals surface area contributed by atoms with Crippen molar-refractivity contribution in [2.24, 2.45) is 0 Å². The van der Waals surface area contributed by atoms with E-state index in [1.165, 1.54) is 21.5 Å². The van der Waals surface area contributed by atoms with E-state index in [-0.39, 0.29) is 37.1 Å². The number of carbonyl (C=O) groups is 2. The van der Waals surface area contributed by atoms with Gasteiger partial charge in [-0.05, 0) is 11.1 Å². The third-order valence-corrected chi connectivity index (χ3v) is 3.82. The Labute approximate surface area is 160 Å². The fourth-order valence-electron chi connectivity index (χ4n) is 2.62. The quantitative estimate of drug-likeness (QED) is 0.499. The van der Waals surface area contributed by atoms with Crippen LogP contribution in [0.25, 0.3) is 0 Å². The lowest BCUT2D eigenvalue weighted by molar-refractivity contribution is -0.120. The predicted molar refractivity (Wildman–Crippen MR) is 104 cm³/mol. The van der Waals surface area contributed by atoms with Crippen molar-refractivity contribution in [1.29, 1.82) is 0 Å².